The number of fused-ring (bicyclic) bond motifs is 1. The Balaban J connectivity index is 2.17. The lowest BCUT2D eigenvalue weighted by Crippen LogP contribution is -2.48. The number of carbonyl (C=O) groups is 1. The molecule has 0 bridgehead atoms. The van der Waals surface area contributed by atoms with E-state index in [4.69, 9.17) is 5.11 Å². The summed E-state index contributed by atoms with van der Waals surface area (Å²) in [4.78, 5) is 12.4. The van der Waals surface area contributed by atoms with Crippen LogP contribution in [0, 0.1) is 11.6 Å². The van der Waals surface area contributed by atoms with E-state index in [2.05, 4.69) is 0 Å². The minimum absolute atomic E-state index is 0.0430. The lowest BCUT2D eigenvalue weighted by molar-refractivity contribution is -0.131. The predicted octanol–water partition coefficient (Wildman–Crippen LogP) is 4.85. The molecule has 2 aromatic carbocycles. The molecular formula is C23H24F3NO3. The molecule has 0 unspecified atom stereocenters. The van der Waals surface area contributed by atoms with Crippen molar-refractivity contribution in [3.05, 3.63) is 70.3 Å². The first-order chi connectivity index (χ1) is 14.0. The van der Waals surface area contributed by atoms with Crippen LogP contribution in [0.3, 0.4) is 0 Å². The van der Waals surface area contributed by atoms with E-state index in [1.165, 1.54) is 19.9 Å². The van der Waals surface area contributed by atoms with E-state index in [-0.39, 0.29) is 29.5 Å². The first-order valence-corrected chi connectivity index (χ1v) is 9.62. The van der Waals surface area contributed by atoms with Gasteiger partial charge in [0.25, 0.3) is 0 Å². The first-order valence-electron chi connectivity index (χ1n) is 9.62. The number of alkyl halides is 1. The number of carboxylic acids is 1. The normalized spacial score (nSPS) is 19.8. The lowest BCUT2D eigenvalue weighted by atomic mass is 9.83. The molecule has 0 fully saturated rings. The maximum Gasteiger partial charge on any atom is 0.328 e. The molecule has 0 amide bonds. The molecule has 7 heteroatoms. The molecule has 4 nitrogen and oxygen atoms in total. The van der Waals surface area contributed by atoms with Crippen LogP contribution >= 0.6 is 0 Å². The maximum absolute atomic E-state index is 15.1. The largest absolute Gasteiger partial charge is 0.508 e. The Bertz CT molecular complexity index is 975. The number of phenolic OH excluding ortho intramolecular Hbond substituents is 1. The van der Waals surface area contributed by atoms with E-state index in [0.29, 0.717) is 12.0 Å². The lowest BCUT2D eigenvalue weighted by Gasteiger charge is -2.44. The molecule has 0 radical (unpaired) electrons. The third kappa shape index (κ3) is 4.67. The highest BCUT2D eigenvalue weighted by Crippen LogP contribution is 2.42. The van der Waals surface area contributed by atoms with Gasteiger partial charge in [-0.05, 0) is 74.2 Å². The van der Waals surface area contributed by atoms with E-state index in [1.807, 2.05) is 6.92 Å². The minimum Gasteiger partial charge on any atom is -0.508 e. The topological polar surface area (TPSA) is 60.8 Å². The van der Waals surface area contributed by atoms with Crippen LogP contribution in [0.1, 0.15) is 49.1 Å². The van der Waals surface area contributed by atoms with Gasteiger partial charge in [0.2, 0.25) is 0 Å². The summed E-state index contributed by atoms with van der Waals surface area (Å²) in [7, 11) is 0. The number of benzene rings is 2. The number of hydrogen-bond donors (Lipinski definition) is 2. The van der Waals surface area contributed by atoms with Crippen LogP contribution in [0.4, 0.5) is 13.2 Å². The third-order valence-corrected chi connectivity index (χ3v) is 5.19. The highest BCUT2D eigenvalue weighted by molar-refractivity contribution is 5.85. The summed E-state index contributed by atoms with van der Waals surface area (Å²) in [5.41, 5.74) is -0.415. The van der Waals surface area contributed by atoms with Crippen LogP contribution < -0.4 is 0 Å². The minimum atomic E-state index is -1.60. The van der Waals surface area contributed by atoms with E-state index in [1.54, 1.807) is 17.0 Å². The van der Waals surface area contributed by atoms with Gasteiger partial charge in [-0.1, -0.05) is 6.07 Å². The molecule has 160 valence electrons. The zero-order valence-corrected chi connectivity index (χ0v) is 17.0. The van der Waals surface area contributed by atoms with Crippen molar-refractivity contribution in [3.8, 4) is 5.75 Å². The van der Waals surface area contributed by atoms with Gasteiger partial charge in [0.1, 0.15) is 23.1 Å². The highest BCUT2D eigenvalue weighted by atomic mass is 19.1. The molecule has 1 aliphatic heterocycles. The number of aromatic hydroxyl groups is 1. The Labute approximate surface area is 173 Å². The van der Waals surface area contributed by atoms with Gasteiger partial charge >= 0.3 is 5.97 Å². The fourth-order valence-electron chi connectivity index (χ4n) is 4.04. The molecule has 2 atom stereocenters. The van der Waals surface area contributed by atoms with Gasteiger partial charge in [0.15, 0.2) is 0 Å². The van der Waals surface area contributed by atoms with Crippen molar-refractivity contribution in [2.24, 2.45) is 0 Å². The molecule has 30 heavy (non-hydrogen) atoms. The van der Waals surface area contributed by atoms with Gasteiger partial charge in [-0.25, -0.2) is 18.0 Å². The average molecular weight is 419 g/mol. The Morgan fingerprint density at radius 1 is 1.23 bits per heavy atom. The Hall–Kier alpha value is -2.80. The average Bonchev–Trinajstić information content (AvgIpc) is 2.60. The van der Waals surface area contributed by atoms with E-state index in [0.717, 1.165) is 29.8 Å². The monoisotopic (exact) mass is 419 g/mol. The van der Waals surface area contributed by atoms with Gasteiger partial charge in [-0.2, -0.15) is 0 Å². The zero-order valence-electron chi connectivity index (χ0n) is 17.0. The predicted molar refractivity (Wildman–Crippen MR) is 108 cm³/mol. The molecule has 0 aromatic heterocycles. The van der Waals surface area contributed by atoms with E-state index in [9.17, 15) is 14.3 Å². The van der Waals surface area contributed by atoms with Gasteiger partial charge in [0, 0.05) is 24.2 Å². The Morgan fingerprint density at radius 3 is 2.43 bits per heavy atom. The van der Waals surface area contributed by atoms with Crippen LogP contribution in [-0.4, -0.2) is 39.3 Å². The molecular weight excluding hydrogens is 395 g/mol. The fourth-order valence-corrected chi connectivity index (χ4v) is 4.04. The third-order valence-electron chi connectivity index (χ3n) is 5.19. The summed E-state index contributed by atoms with van der Waals surface area (Å²) in [6.45, 7) is 4.63. The second-order valence-electron chi connectivity index (χ2n) is 8.30. The van der Waals surface area contributed by atoms with Crippen molar-refractivity contribution in [1.82, 2.24) is 4.90 Å². The summed E-state index contributed by atoms with van der Waals surface area (Å²) in [6, 6.07) is 5.63. The SMILES string of the molecule is C[C@@H]1Cc2cc(O)ccc2[C@@H](c2c(F)cc(/C=C/C(=O)O)cc2F)N1CC(C)(C)F. The quantitative estimate of drug-likeness (QED) is 0.680. The Kier molecular flexibility index (Phi) is 5.94. The Morgan fingerprint density at radius 2 is 1.87 bits per heavy atom. The number of rotatable bonds is 5. The fraction of sp³-hybridized carbons (Fsp3) is 0.348. The van der Waals surface area contributed by atoms with E-state index < -0.39 is 29.3 Å². The summed E-state index contributed by atoms with van der Waals surface area (Å²) >= 11 is 0. The maximum atomic E-state index is 15.1. The van der Waals surface area contributed by atoms with Crippen molar-refractivity contribution in [3.63, 3.8) is 0 Å². The summed E-state index contributed by atoms with van der Waals surface area (Å²) in [5.74, 6) is -2.88. The van der Waals surface area contributed by atoms with Crippen molar-refractivity contribution < 1.29 is 28.2 Å². The zero-order chi connectivity index (χ0) is 22.2. The molecule has 0 aliphatic carbocycles. The standard InChI is InChI=1S/C23H24F3NO3/c1-13-8-15-11-16(28)5-6-17(15)22(27(13)12-23(2,3)26)21-18(24)9-14(10-19(21)25)4-7-20(29)30/h4-7,9-11,13,22,28H,8,12H2,1-3H3,(H,29,30)/b7-4+/t13-,22+/m1/s1. The van der Waals surface area contributed by atoms with Crippen LogP contribution in [-0.2, 0) is 11.2 Å². The smallest absolute Gasteiger partial charge is 0.328 e. The van der Waals surface area contributed by atoms with Crippen LogP contribution in [0.5, 0.6) is 5.75 Å². The second-order valence-corrected chi connectivity index (χ2v) is 8.30. The van der Waals surface area contributed by atoms with Crippen molar-refractivity contribution in [2.75, 3.05) is 6.54 Å². The first kappa shape index (κ1) is 21.9. The van der Waals surface area contributed by atoms with Crippen molar-refractivity contribution in [2.45, 2.75) is 44.9 Å². The number of carboxylic acid groups (broad SMARTS) is 1. The van der Waals surface area contributed by atoms with Gasteiger partial charge < -0.3 is 10.2 Å². The summed E-state index contributed by atoms with van der Waals surface area (Å²) in [6.07, 6.45) is 2.40. The van der Waals surface area contributed by atoms with Crippen molar-refractivity contribution in [1.29, 1.82) is 0 Å². The number of phenols is 1. The molecule has 0 saturated carbocycles. The summed E-state index contributed by atoms with van der Waals surface area (Å²) in [5, 5.41) is 18.6. The van der Waals surface area contributed by atoms with E-state index >= 15 is 8.78 Å². The van der Waals surface area contributed by atoms with Crippen LogP contribution in [0.2, 0.25) is 0 Å². The number of aliphatic carboxylic acids is 1. The molecule has 2 N–H and O–H groups in total. The number of nitrogens with zero attached hydrogens (tertiary/aromatic N) is 1. The second kappa shape index (κ2) is 8.14. The number of hydrogen-bond acceptors (Lipinski definition) is 3. The van der Waals surface area contributed by atoms with Gasteiger partial charge in [0.05, 0.1) is 6.04 Å². The van der Waals surface area contributed by atoms with Crippen LogP contribution in [0.25, 0.3) is 6.08 Å². The van der Waals surface area contributed by atoms with Crippen LogP contribution in [0.15, 0.2) is 36.4 Å². The molecule has 2 aromatic rings. The molecule has 1 heterocycles. The molecule has 1 aliphatic rings. The summed E-state index contributed by atoms with van der Waals surface area (Å²) < 4.78 is 44.9. The molecule has 3 rings (SSSR count). The highest BCUT2D eigenvalue weighted by Gasteiger charge is 2.39. The van der Waals surface area contributed by atoms with Crippen molar-refractivity contribution >= 4 is 12.0 Å². The molecule has 0 spiro atoms. The van der Waals surface area contributed by atoms with Gasteiger partial charge in [-0.3, -0.25) is 4.90 Å². The number of halogens is 3. The molecule has 0 saturated heterocycles. The van der Waals surface area contributed by atoms with Gasteiger partial charge in [-0.15, -0.1) is 0 Å².